The highest BCUT2D eigenvalue weighted by Crippen LogP contribution is 2.27. The fourth-order valence-electron chi connectivity index (χ4n) is 1.27. The molecule has 17 heavy (non-hydrogen) atoms. The first-order chi connectivity index (χ1) is 8.10. The van der Waals surface area contributed by atoms with Gasteiger partial charge in [0, 0.05) is 23.9 Å². The number of rotatable bonds is 2. The molecule has 1 heterocycles. The number of halogens is 3. The molecule has 0 aliphatic heterocycles. The van der Waals surface area contributed by atoms with Crippen LogP contribution in [-0.2, 0) is 0 Å². The first-order valence-electron chi connectivity index (χ1n) is 4.55. The number of hydrogen-bond donors (Lipinski definition) is 0. The first kappa shape index (κ1) is 12.4. The van der Waals surface area contributed by atoms with Gasteiger partial charge in [0.05, 0.1) is 10.2 Å². The lowest BCUT2D eigenvalue weighted by atomic mass is 10.1. The predicted molar refractivity (Wildman–Crippen MR) is 65.7 cm³/mol. The Morgan fingerprint density at radius 3 is 2.76 bits per heavy atom. The molecule has 1 aromatic heterocycles. The van der Waals surface area contributed by atoms with Crippen LogP contribution in [0.3, 0.4) is 0 Å². The van der Waals surface area contributed by atoms with Gasteiger partial charge in [-0.15, -0.1) is 0 Å². The van der Waals surface area contributed by atoms with Gasteiger partial charge in [0.2, 0.25) is 0 Å². The third kappa shape index (κ3) is 2.81. The van der Waals surface area contributed by atoms with E-state index in [1.807, 2.05) is 6.26 Å². The molecule has 0 atom stereocenters. The van der Waals surface area contributed by atoms with Crippen molar-refractivity contribution in [3.8, 4) is 11.3 Å². The van der Waals surface area contributed by atoms with Crippen molar-refractivity contribution in [1.82, 2.24) is 9.97 Å². The van der Waals surface area contributed by atoms with E-state index < -0.39 is 11.6 Å². The summed E-state index contributed by atoms with van der Waals surface area (Å²) in [7, 11) is 0. The van der Waals surface area contributed by atoms with E-state index in [9.17, 15) is 8.78 Å². The van der Waals surface area contributed by atoms with E-state index in [1.165, 1.54) is 17.8 Å². The Hall–Kier alpha value is -1.01. The molecule has 0 aliphatic rings. The van der Waals surface area contributed by atoms with E-state index in [1.54, 1.807) is 6.20 Å². The summed E-state index contributed by atoms with van der Waals surface area (Å²) in [4.78, 5) is 8.22. The molecule has 0 aliphatic carbocycles. The summed E-state index contributed by atoms with van der Waals surface area (Å²) in [6, 6.07) is 4.37. The molecule has 1 aromatic carbocycles. The van der Waals surface area contributed by atoms with Gasteiger partial charge in [0.25, 0.3) is 0 Å². The maximum absolute atomic E-state index is 13.1. The third-order valence-electron chi connectivity index (χ3n) is 1.96. The summed E-state index contributed by atoms with van der Waals surface area (Å²) >= 11 is 4.60. The summed E-state index contributed by atoms with van der Waals surface area (Å²) in [5.74, 6) is -1.41. The van der Waals surface area contributed by atoms with E-state index in [2.05, 4.69) is 32.0 Å². The lowest BCUT2D eigenvalue weighted by Gasteiger charge is -2.05. The van der Waals surface area contributed by atoms with Crippen LogP contribution >= 0.6 is 27.7 Å². The minimum Gasteiger partial charge on any atom is -0.230 e. The van der Waals surface area contributed by atoms with Crippen molar-refractivity contribution in [1.29, 1.82) is 0 Å². The highest BCUT2D eigenvalue weighted by Gasteiger charge is 2.10. The molecule has 0 amide bonds. The fraction of sp³-hybridized carbons (Fsp3) is 0.0909. The van der Waals surface area contributed by atoms with Crippen LogP contribution in [-0.4, -0.2) is 16.2 Å². The zero-order valence-corrected chi connectivity index (χ0v) is 11.1. The van der Waals surface area contributed by atoms with Crippen molar-refractivity contribution in [2.45, 2.75) is 5.16 Å². The van der Waals surface area contributed by atoms with E-state index in [0.29, 0.717) is 15.3 Å². The predicted octanol–water partition coefficient (Wildman–Crippen LogP) is 3.71. The normalized spacial score (nSPS) is 10.6. The van der Waals surface area contributed by atoms with E-state index in [-0.39, 0.29) is 5.56 Å². The molecule has 0 unspecified atom stereocenters. The second-order valence-electron chi connectivity index (χ2n) is 3.11. The Morgan fingerprint density at radius 2 is 2.12 bits per heavy atom. The average Bonchev–Trinajstić information content (AvgIpc) is 2.28. The number of hydrogen-bond acceptors (Lipinski definition) is 3. The van der Waals surface area contributed by atoms with Gasteiger partial charge in [-0.25, -0.2) is 18.7 Å². The van der Waals surface area contributed by atoms with Crippen molar-refractivity contribution >= 4 is 27.7 Å². The van der Waals surface area contributed by atoms with Crippen LogP contribution in [0.4, 0.5) is 8.78 Å². The molecule has 0 fully saturated rings. The number of nitrogens with zero attached hydrogens (tertiary/aromatic N) is 2. The lowest BCUT2D eigenvalue weighted by Crippen LogP contribution is -1.93. The standard InChI is InChI=1S/C11H6BrF2N2S/c1-17-11-15-5-9(12)10(16-11)6-2-7(13)4-8(14)3-6/h2,4-5H,1H3. The SMILES string of the molecule is CSc1ncc(Br)c(-c2[c]c(F)cc(F)c2)n1. The van der Waals surface area contributed by atoms with E-state index in [0.717, 1.165) is 6.07 Å². The van der Waals surface area contributed by atoms with E-state index in [4.69, 9.17) is 0 Å². The van der Waals surface area contributed by atoms with Crippen molar-refractivity contribution in [3.63, 3.8) is 0 Å². The lowest BCUT2D eigenvalue weighted by molar-refractivity contribution is 0.582. The summed E-state index contributed by atoms with van der Waals surface area (Å²) in [6.07, 6.45) is 3.37. The summed E-state index contributed by atoms with van der Waals surface area (Å²) in [6.45, 7) is 0. The molecule has 0 saturated carbocycles. The smallest absolute Gasteiger partial charge is 0.187 e. The van der Waals surface area contributed by atoms with Crippen molar-refractivity contribution in [2.75, 3.05) is 6.26 Å². The maximum Gasteiger partial charge on any atom is 0.187 e. The van der Waals surface area contributed by atoms with Crippen LogP contribution < -0.4 is 0 Å². The van der Waals surface area contributed by atoms with Crippen molar-refractivity contribution < 1.29 is 8.78 Å². The van der Waals surface area contributed by atoms with Crippen molar-refractivity contribution in [2.24, 2.45) is 0 Å². The average molecular weight is 316 g/mol. The molecular weight excluding hydrogens is 310 g/mol. The van der Waals surface area contributed by atoms with Gasteiger partial charge in [0.15, 0.2) is 5.16 Å². The van der Waals surface area contributed by atoms with Gasteiger partial charge >= 0.3 is 0 Å². The molecule has 2 nitrogen and oxygen atoms in total. The maximum atomic E-state index is 13.1. The molecular formula is C11H6BrF2N2S. The molecule has 2 aromatic rings. The number of thioether (sulfide) groups is 1. The van der Waals surface area contributed by atoms with Crippen LogP contribution in [0.2, 0.25) is 0 Å². The molecule has 0 N–H and O–H groups in total. The summed E-state index contributed by atoms with van der Waals surface area (Å²) in [5, 5.41) is 0.529. The second kappa shape index (κ2) is 5.10. The summed E-state index contributed by atoms with van der Waals surface area (Å²) < 4.78 is 26.7. The largest absolute Gasteiger partial charge is 0.230 e. The minimum absolute atomic E-state index is 0.257. The quantitative estimate of drug-likeness (QED) is 0.624. The molecule has 0 spiro atoms. The molecule has 6 heteroatoms. The van der Waals surface area contributed by atoms with Gasteiger partial charge in [-0.2, -0.15) is 0 Å². The molecule has 0 saturated heterocycles. The van der Waals surface area contributed by atoms with Crippen LogP contribution in [0.5, 0.6) is 0 Å². The third-order valence-corrected chi connectivity index (χ3v) is 3.10. The second-order valence-corrected chi connectivity index (χ2v) is 4.74. The number of aromatic nitrogens is 2. The van der Waals surface area contributed by atoms with Crippen LogP contribution in [0.1, 0.15) is 0 Å². The van der Waals surface area contributed by atoms with Gasteiger partial charge in [-0.05, 0) is 28.3 Å². The first-order valence-corrected chi connectivity index (χ1v) is 6.57. The van der Waals surface area contributed by atoms with Crippen LogP contribution in [0.15, 0.2) is 28.0 Å². The summed E-state index contributed by atoms with van der Waals surface area (Å²) in [5.41, 5.74) is 0.676. The Kier molecular flexibility index (Phi) is 3.73. The van der Waals surface area contributed by atoms with Gasteiger partial charge < -0.3 is 0 Å². The Labute approximate surface area is 110 Å². The topological polar surface area (TPSA) is 25.8 Å². The monoisotopic (exact) mass is 315 g/mol. The zero-order valence-electron chi connectivity index (χ0n) is 8.67. The highest BCUT2D eigenvalue weighted by molar-refractivity contribution is 9.10. The molecule has 1 radical (unpaired) electrons. The van der Waals surface area contributed by atoms with Crippen LogP contribution in [0.25, 0.3) is 11.3 Å². The van der Waals surface area contributed by atoms with E-state index >= 15 is 0 Å². The minimum atomic E-state index is -0.754. The van der Waals surface area contributed by atoms with Crippen LogP contribution in [0, 0.1) is 17.7 Å². The Balaban J connectivity index is 2.58. The highest BCUT2D eigenvalue weighted by atomic mass is 79.9. The molecule has 87 valence electrons. The molecule has 0 bridgehead atoms. The fourth-order valence-corrected chi connectivity index (χ4v) is 2.01. The Morgan fingerprint density at radius 1 is 1.35 bits per heavy atom. The Bertz CT molecular complexity index is 543. The zero-order chi connectivity index (χ0) is 12.4. The van der Waals surface area contributed by atoms with Crippen molar-refractivity contribution in [3.05, 3.63) is 40.5 Å². The molecule has 2 rings (SSSR count). The van der Waals surface area contributed by atoms with Gasteiger partial charge in [-0.3, -0.25) is 0 Å². The van der Waals surface area contributed by atoms with Gasteiger partial charge in [0.1, 0.15) is 11.6 Å². The van der Waals surface area contributed by atoms with Gasteiger partial charge in [-0.1, -0.05) is 11.8 Å². The number of benzene rings is 1.